The van der Waals surface area contributed by atoms with Gasteiger partial charge in [-0.2, -0.15) is 0 Å². The molecule has 0 bridgehead atoms. The van der Waals surface area contributed by atoms with E-state index in [1.165, 1.54) is 0 Å². The van der Waals surface area contributed by atoms with Crippen LogP contribution >= 0.6 is 0 Å². The third-order valence-corrected chi connectivity index (χ3v) is 1.52. The van der Waals surface area contributed by atoms with Gasteiger partial charge in [0.2, 0.25) is 5.39 Å². The van der Waals surface area contributed by atoms with Crippen molar-refractivity contribution in [1.29, 1.82) is 5.39 Å². The zero-order chi connectivity index (χ0) is 8.27. The van der Waals surface area contributed by atoms with Gasteiger partial charge in [0.05, 0.1) is 13.2 Å². The number of hydrogen-bond donors (Lipinski definition) is 0. The second-order valence-electron chi connectivity index (χ2n) is 2.25. The van der Waals surface area contributed by atoms with E-state index in [1.54, 1.807) is 13.2 Å². The predicted molar refractivity (Wildman–Crippen MR) is 42.5 cm³/mol. The molecule has 0 unspecified atom stereocenters. The summed E-state index contributed by atoms with van der Waals surface area (Å²) >= 11 is 0. The lowest BCUT2D eigenvalue weighted by molar-refractivity contribution is 0.415. The topological polar surface area (TPSA) is 37.4 Å². The molecule has 1 aromatic carbocycles. The van der Waals surface area contributed by atoms with Crippen LogP contribution in [0.1, 0.15) is 5.56 Å². The van der Waals surface area contributed by atoms with Gasteiger partial charge < -0.3 is 4.74 Å². The highest BCUT2D eigenvalue weighted by atomic mass is 16.5. The first-order valence-electron chi connectivity index (χ1n) is 3.27. The smallest absolute Gasteiger partial charge is 0.391 e. The fraction of sp³-hybridized carbons (Fsp3) is 0.250. The molecule has 0 aliphatic rings. The van der Waals surface area contributed by atoms with Crippen molar-refractivity contribution < 1.29 is 4.74 Å². The molecule has 0 fully saturated rings. The number of rotatable bonds is 1. The molecule has 0 saturated heterocycles. The fourth-order valence-corrected chi connectivity index (χ4v) is 0.824. The van der Waals surface area contributed by atoms with Gasteiger partial charge in [0, 0.05) is 5.56 Å². The standard InChI is InChI=1S/C8H9N2O/c1-6-3-4-7(11-2)5-8(6)10-9/h3-5H,1-2H3/q+1. The Morgan fingerprint density at radius 1 is 1.45 bits per heavy atom. The molecule has 1 aromatic rings. The Labute approximate surface area is 65.2 Å². The van der Waals surface area contributed by atoms with Crippen LogP contribution < -0.4 is 4.74 Å². The summed E-state index contributed by atoms with van der Waals surface area (Å²) in [5.74, 6) is 0.698. The number of aryl methyl sites for hydroxylation is 1. The highest BCUT2D eigenvalue weighted by Crippen LogP contribution is 2.23. The maximum atomic E-state index is 8.51. The average Bonchev–Trinajstić information content (AvgIpc) is 2.05. The number of benzene rings is 1. The largest absolute Gasteiger partial charge is 0.496 e. The second-order valence-corrected chi connectivity index (χ2v) is 2.25. The Kier molecular flexibility index (Phi) is 2.07. The first-order valence-corrected chi connectivity index (χ1v) is 3.27. The summed E-state index contributed by atoms with van der Waals surface area (Å²) in [7, 11) is 1.58. The Morgan fingerprint density at radius 3 is 2.73 bits per heavy atom. The van der Waals surface area contributed by atoms with E-state index in [-0.39, 0.29) is 0 Å². The summed E-state index contributed by atoms with van der Waals surface area (Å²) in [6.07, 6.45) is 0. The monoisotopic (exact) mass is 149 g/mol. The molecule has 11 heavy (non-hydrogen) atoms. The molecular formula is C8H9N2O+. The Hall–Kier alpha value is -1.56. The Bertz CT molecular complexity index is 301. The third kappa shape index (κ3) is 1.47. The van der Waals surface area contributed by atoms with Crippen molar-refractivity contribution in [3.8, 4) is 5.75 Å². The molecule has 1 rings (SSSR count). The normalized spacial score (nSPS) is 8.82. The minimum Gasteiger partial charge on any atom is -0.496 e. The molecule has 0 aliphatic carbocycles. The number of nitrogens with zero attached hydrogens (tertiary/aromatic N) is 2. The highest BCUT2D eigenvalue weighted by molar-refractivity contribution is 5.54. The maximum absolute atomic E-state index is 8.51. The summed E-state index contributed by atoms with van der Waals surface area (Å²) in [5.41, 5.74) is 1.47. The molecule has 0 aromatic heterocycles. The lowest BCUT2D eigenvalue weighted by Gasteiger charge is -1.95. The number of diazo groups is 1. The first kappa shape index (κ1) is 7.55. The molecule has 56 valence electrons. The SMILES string of the molecule is COc1ccc(C)c([N+]#N)c1. The zero-order valence-corrected chi connectivity index (χ0v) is 6.53. The van der Waals surface area contributed by atoms with E-state index in [0.29, 0.717) is 11.4 Å². The minimum absolute atomic E-state index is 0.546. The van der Waals surface area contributed by atoms with Gasteiger partial charge in [-0.1, -0.05) is 0 Å². The van der Waals surface area contributed by atoms with Crippen LogP contribution in [0.3, 0.4) is 0 Å². The second kappa shape index (κ2) is 3.02. The van der Waals surface area contributed by atoms with Gasteiger partial charge in [-0.05, 0) is 19.1 Å². The molecule has 0 radical (unpaired) electrons. The van der Waals surface area contributed by atoms with Crippen LogP contribution in [0.4, 0.5) is 5.69 Å². The molecule has 3 heteroatoms. The van der Waals surface area contributed by atoms with Gasteiger partial charge in [-0.25, -0.2) is 0 Å². The van der Waals surface area contributed by atoms with Crippen molar-refractivity contribution in [2.75, 3.05) is 7.11 Å². The van der Waals surface area contributed by atoms with Gasteiger partial charge in [-0.3, -0.25) is 0 Å². The molecule has 0 amide bonds. The van der Waals surface area contributed by atoms with E-state index < -0.39 is 0 Å². The predicted octanol–water partition coefficient (Wildman–Crippen LogP) is 2.49. The van der Waals surface area contributed by atoms with Gasteiger partial charge in [-0.15, -0.1) is 0 Å². The average molecular weight is 149 g/mol. The summed E-state index contributed by atoms with van der Waals surface area (Å²) in [5, 5.41) is 8.51. The Morgan fingerprint density at radius 2 is 2.18 bits per heavy atom. The molecule has 0 N–H and O–H groups in total. The van der Waals surface area contributed by atoms with Crippen LogP contribution in [0, 0.1) is 12.3 Å². The zero-order valence-electron chi connectivity index (χ0n) is 6.53. The maximum Gasteiger partial charge on any atom is 0.391 e. The van der Waals surface area contributed by atoms with E-state index >= 15 is 0 Å². The van der Waals surface area contributed by atoms with Crippen LogP contribution in [0.15, 0.2) is 18.2 Å². The van der Waals surface area contributed by atoms with Crippen molar-refractivity contribution in [1.82, 2.24) is 0 Å². The van der Waals surface area contributed by atoms with Gasteiger partial charge in [0.25, 0.3) is 0 Å². The molecule has 0 spiro atoms. The summed E-state index contributed by atoms with van der Waals surface area (Å²) < 4.78 is 4.94. The quantitative estimate of drug-likeness (QED) is 0.575. The fourth-order valence-electron chi connectivity index (χ4n) is 0.824. The summed E-state index contributed by atoms with van der Waals surface area (Å²) in [4.78, 5) is 3.10. The van der Waals surface area contributed by atoms with Crippen molar-refractivity contribution in [2.24, 2.45) is 0 Å². The van der Waals surface area contributed by atoms with Crippen molar-refractivity contribution in [3.63, 3.8) is 0 Å². The first-order chi connectivity index (χ1) is 5.27. The van der Waals surface area contributed by atoms with E-state index in [9.17, 15) is 0 Å². The van der Waals surface area contributed by atoms with Crippen LogP contribution in [-0.2, 0) is 0 Å². The van der Waals surface area contributed by atoms with Crippen LogP contribution in [0.25, 0.3) is 4.98 Å². The van der Waals surface area contributed by atoms with Crippen molar-refractivity contribution >= 4 is 5.69 Å². The van der Waals surface area contributed by atoms with Gasteiger partial charge in [0.1, 0.15) is 5.75 Å². The molecule has 3 nitrogen and oxygen atoms in total. The Balaban J connectivity index is 3.15. The lowest BCUT2D eigenvalue weighted by atomic mass is 10.2. The van der Waals surface area contributed by atoms with Gasteiger partial charge >= 0.3 is 5.69 Å². The van der Waals surface area contributed by atoms with E-state index in [2.05, 4.69) is 4.98 Å². The van der Waals surface area contributed by atoms with E-state index in [4.69, 9.17) is 10.1 Å². The van der Waals surface area contributed by atoms with Crippen LogP contribution in [-0.4, -0.2) is 7.11 Å². The highest BCUT2D eigenvalue weighted by Gasteiger charge is 2.09. The molecule has 0 saturated carbocycles. The van der Waals surface area contributed by atoms with E-state index in [0.717, 1.165) is 5.56 Å². The summed E-state index contributed by atoms with van der Waals surface area (Å²) in [6, 6.07) is 5.34. The molecule has 0 heterocycles. The molecule has 0 aliphatic heterocycles. The minimum atomic E-state index is 0.546. The van der Waals surface area contributed by atoms with E-state index in [1.807, 2.05) is 19.1 Å². The van der Waals surface area contributed by atoms with Crippen molar-refractivity contribution in [3.05, 3.63) is 28.7 Å². The van der Waals surface area contributed by atoms with Crippen molar-refractivity contribution in [2.45, 2.75) is 6.92 Å². The number of hydrogen-bond acceptors (Lipinski definition) is 2. The van der Waals surface area contributed by atoms with Crippen LogP contribution in [0.2, 0.25) is 0 Å². The third-order valence-electron chi connectivity index (χ3n) is 1.52. The number of ether oxygens (including phenoxy) is 1. The number of methoxy groups -OCH3 is 1. The van der Waals surface area contributed by atoms with Crippen LogP contribution in [0.5, 0.6) is 5.75 Å². The summed E-state index contributed by atoms with van der Waals surface area (Å²) in [6.45, 7) is 1.87. The lowest BCUT2D eigenvalue weighted by Crippen LogP contribution is -1.81. The molecular weight excluding hydrogens is 140 g/mol. The molecule has 0 atom stereocenters. The van der Waals surface area contributed by atoms with Gasteiger partial charge in [0.15, 0.2) is 4.98 Å².